The van der Waals surface area contributed by atoms with Gasteiger partial charge in [-0.25, -0.2) is 8.42 Å². The molecule has 0 atom stereocenters. The van der Waals surface area contributed by atoms with Crippen molar-refractivity contribution >= 4 is 31.9 Å². The molecule has 0 unspecified atom stereocenters. The van der Waals surface area contributed by atoms with Crippen LogP contribution in [0.2, 0.25) is 0 Å². The average molecular weight is 375 g/mol. The Morgan fingerprint density at radius 1 is 1.24 bits per heavy atom. The molecule has 1 aliphatic heterocycles. The smallest absolute Gasteiger partial charge is 0.245 e. The van der Waals surface area contributed by atoms with Crippen molar-refractivity contribution in [2.45, 2.75) is 31.2 Å². The van der Waals surface area contributed by atoms with Crippen LogP contribution >= 0.6 is 15.9 Å². The molecular formula is C14H19BrN2O3S. The summed E-state index contributed by atoms with van der Waals surface area (Å²) in [4.78, 5) is 14.0. The summed E-state index contributed by atoms with van der Waals surface area (Å²) in [7, 11) is -2.04. The largest absolute Gasteiger partial charge is 0.343 e. The normalized spacial score (nSPS) is 19.9. The maximum atomic E-state index is 12.9. The number of carbonyl (C=O) groups excluding carboxylic acids is 1. The number of rotatable bonds is 2. The van der Waals surface area contributed by atoms with Gasteiger partial charge in [0.2, 0.25) is 15.9 Å². The fraction of sp³-hybridized carbons (Fsp3) is 0.500. The van der Waals surface area contributed by atoms with Gasteiger partial charge in [0.25, 0.3) is 0 Å². The first-order valence-electron chi connectivity index (χ1n) is 6.63. The van der Waals surface area contributed by atoms with Gasteiger partial charge in [-0.15, -0.1) is 0 Å². The Morgan fingerprint density at radius 3 is 2.43 bits per heavy atom. The Hall–Kier alpha value is -0.920. The van der Waals surface area contributed by atoms with Gasteiger partial charge in [0.1, 0.15) is 5.54 Å². The maximum absolute atomic E-state index is 12.9. The van der Waals surface area contributed by atoms with Crippen LogP contribution in [0.15, 0.2) is 27.6 Å². The minimum absolute atomic E-state index is 0.193. The van der Waals surface area contributed by atoms with Crippen LogP contribution in [0.25, 0.3) is 0 Å². The van der Waals surface area contributed by atoms with Crippen molar-refractivity contribution in [1.29, 1.82) is 0 Å². The summed E-state index contributed by atoms with van der Waals surface area (Å²) in [6.45, 7) is 5.86. The van der Waals surface area contributed by atoms with E-state index in [9.17, 15) is 13.2 Å². The Kier molecular flexibility index (Phi) is 4.21. The van der Waals surface area contributed by atoms with E-state index >= 15 is 0 Å². The van der Waals surface area contributed by atoms with E-state index in [4.69, 9.17) is 0 Å². The number of aryl methyl sites for hydroxylation is 1. The van der Waals surface area contributed by atoms with Gasteiger partial charge in [-0.3, -0.25) is 4.79 Å². The van der Waals surface area contributed by atoms with E-state index in [-0.39, 0.29) is 17.3 Å². The van der Waals surface area contributed by atoms with Gasteiger partial charge < -0.3 is 4.90 Å². The molecule has 1 fully saturated rings. The standard InChI is InChI=1S/C14H19BrN2O3S/c1-10-5-6-12(11(15)9-10)21(19,20)17-8-7-16(4)13(18)14(17,2)3/h5-6,9H,7-8H2,1-4H3. The Morgan fingerprint density at radius 2 is 1.86 bits per heavy atom. The predicted molar refractivity (Wildman–Crippen MR) is 84.5 cm³/mol. The molecule has 1 amide bonds. The van der Waals surface area contributed by atoms with Crippen LogP contribution in [0, 0.1) is 6.92 Å². The van der Waals surface area contributed by atoms with Crippen molar-refractivity contribution in [2.75, 3.05) is 20.1 Å². The highest BCUT2D eigenvalue weighted by Gasteiger charge is 2.47. The van der Waals surface area contributed by atoms with Gasteiger partial charge in [0.15, 0.2) is 0 Å². The molecule has 0 aliphatic carbocycles. The fourth-order valence-corrected chi connectivity index (χ4v) is 5.44. The number of amides is 1. The molecule has 21 heavy (non-hydrogen) atoms. The second-order valence-electron chi connectivity index (χ2n) is 5.80. The first-order chi connectivity index (χ1) is 9.58. The summed E-state index contributed by atoms with van der Waals surface area (Å²) in [5, 5.41) is 0. The molecule has 116 valence electrons. The highest BCUT2D eigenvalue weighted by atomic mass is 79.9. The van der Waals surface area contributed by atoms with Crippen molar-refractivity contribution < 1.29 is 13.2 Å². The van der Waals surface area contributed by atoms with Crippen LogP contribution in [0.3, 0.4) is 0 Å². The molecule has 1 saturated heterocycles. The van der Waals surface area contributed by atoms with Crippen LogP contribution in [0.5, 0.6) is 0 Å². The van der Waals surface area contributed by atoms with Crippen LogP contribution in [-0.4, -0.2) is 49.2 Å². The molecule has 1 heterocycles. The van der Waals surface area contributed by atoms with E-state index in [1.54, 1.807) is 44.0 Å². The number of halogens is 1. The summed E-state index contributed by atoms with van der Waals surface area (Å²) < 4.78 is 27.6. The number of sulfonamides is 1. The number of benzene rings is 1. The summed E-state index contributed by atoms with van der Waals surface area (Å²) in [5.74, 6) is -0.194. The molecule has 0 bridgehead atoms. The lowest BCUT2D eigenvalue weighted by atomic mass is 10.0. The van der Waals surface area contributed by atoms with Gasteiger partial charge in [-0.05, 0) is 54.4 Å². The second kappa shape index (κ2) is 5.37. The van der Waals surface area contributed by atoms with Crippen LogP contribution in [0.4, 0.5) is 0 Å². The van der Waals surface area contributed by atoms with Gasteiger partial charge in [0.05, 0.1) is 4.90 Å². The Bertz CT molecular complexity index is 685. The van der Waals surface area contributed by atoms with Gasteiger partial charge in [-0.2, -0.15) is 4.31 Å². The third-order valence-electron chi connectivity index (χ3n) is 3.79. The molecular weight excluding hydrogens is 356 g/mol. The van der Waals surface area contributed by atoms with Crippen molar-refractivity contribution in [2.24, 2.45) is 0 Å². The van der Waals surface area contributed by atoms with Gasteiger partial charge >= 0.3 is 0 Å². The molecule has 0 N–H and O–H groups in total. The Balaban J connectivity index is 2.51. The lowest BCUT2D eigenvalue weighted by molar-refractivity contribution is -0.142. The molecule has 1 aliphatic rings. The molecule has 2 rings (SSSR count). The highest BCUT2D eigenvalue weighted by Crippen LogP contribution is 2.32. The quantitative estimate of drug-likeness (QED) is 0.795. The molecule has 1 aromatic rings. The topological polar surface area (TPSA) is 57.7 Å². The van der Waals surface area contributed by atoms with E-state index in [2.05, 4.69) is 15.9 Å². The first-order valence-corrected chi connectivity index (χ1v) is 8.86. The number of nitrogens with zero attached hydrogens (tertiary/aromatic N) is 2. The lowest BCUT2D eigenvalue weighted by Crippen LogP contribution is -2.63. The third-order valence-corrected chi connectivity index (χ3v) is 6.84. The summed E-state index contributed by atoms with van der Waals surface area (Å²) in [6, 6.07) is 5.09. The van der Waals surface area contributed by atoms with Gasteiger partial charge in [-0.1, -0.05) is 6.07 Å². The average Bonchev–Trinajstić information content (AvgIpc) is 2.35. The third kappa shape index (κ3) is 2.74. The number of carbonyl (C=O) groups is 1. The number of hydrogen-bond donors (Lipinski definition) is 0. The van der Waals surface area contributed by atoms with E-state index in [1.807, 2.05) is 6.92 Å². The molecule has 0 aromatic heterocycles. The second-order valence-corrected chi connectivity index (χ2v) is 8.48. The monoisotopic (exact) mass is 374 g/mol. The number of piperazine rings is 1. The summed E-state index contributed by atoms with van der Waals surface area (Å²) >= 11 is 3.31. The lowest BCUT2D eigenvalue weighted by Gasteiger charge is -2.43. The van der Waals surface area contributed by atoms with Crippen molar-refractivity contribution in [3.8, 4) is 0 Å². The van der Waals surface area contributed by atoms with Crippen molar-refractivity contribution in [3.05, 3.63) is 28.2 Å². The van der Waals surface area contributed by atoms with E-state index in [1.165, 1.54) is 4.31 Å². The zero-order chi connectivity index (χ0) is 16.0. The minimum atomic E-state index is -3.73. The molecule has 7 heteroatoms. The molecule has 0 saturated carbocycles. The zero-order valence-corrected chi connectivity index (χ0v) is 15.0. The molecule has 0 spiro atoms. The molecule has 5 nitrogen and oxygen atoms in total. The van der Waals surface area contributed by atoms with E-state index in [0.29, 0.717) is 11.0 Å². The van der Waals surface area contributed by atoms with Gasteiger partial charge in [0, 0.05) is 24.6 Å². The minimum Gasteiger partial charge on any atom is -0.343 e. The fourth-order valence-electron chi connectivity index (χ4n) is 2.55. The predicted octanol–water partition coefficient (Wildman–Crippen LogP) is 2.00. The summed E-state index contributed by atoms with van der Waals surface area (Å²) in [6.07, 6.45) is 0. The van der Waals surface area contributed by atoms with Crippen LogP contribution in [0.1, 0.15) is 19.4 Å². The van der Waals surface area contributed by atoms with Crippen LogP contribution in [-0.2, 0) is 14.8 Å². The van der Waals surface area contributed by atoms with Crippen molar-refractivity contribution in [3.63, 3.8) is 0 Å². The SMILES string of the molecule is Cc1ccc(S(=O)(=O)N2CCN(C)C(=O)C2(C)C)c(Br)c1. The Labute approximate surface area is 134 Å². The van der Waals surface area contributed by atoms with Crippen molar-refractivity contribution in [1.82, 2.24) is 9.21 Å². The molecule has 1 aromatic carbocycles. The zero-order valence-electron chi connectivity index (χ0n) is 12.6. The maximum Gasteiger partial charge on any atom is 0.245 e. The number of likely N-dealkylation sites (N-methyl/N-ethyl adjacent to an activating group) is 1. The van der Waals surface area contributed by atoms with E-state index < -0.39 is 15.6 Å². The highest BCUT2D eigenvalue weighted by molar-refractivity contribution is 9.10. The first kappa shape index (κ1) is 16.5. The summed E-state index contributed by atoms with van der Waals surface area (Å²) in [5.41, 5.74) is -0.120. The number of hydrogen-bond acceptors (Lipinski definition) is 3. The van der Waals surface area contributed by atoms with E-state index in [0.717, 1.165) is 5.56 Å². The molecule has 0 radical (unpaired) electrons. The van der Waals surface area contributed by atoms with Crippen LogP contribution < -0.4 is 0 Å².